The second-order valence-corrected chi connectivity index (χ2v) is 6.56. The van der Waals surface area contributed by atoms with Crippen molar-refractivity contribution in [2.24, 2.45) is 5.92 Å². The largest absolute Gasteiger partial charge is 0.378 e. The minimum absolute atomic E-state index is 0.404. The van der Waals surface area contributed by atoms with E-state index in [0.29, 0.717) is 17.5 Å². The van der Waals surface area contributed by atoms with Gasteiger partial charge in [0.05, 0.1) is 17.2 Å². The zero-order valence-corrected chi connectivity index (χ0v) is 13.4. The molecule has 1 aromatic heterocycles. The van der Waals surface area contributed by atoms with Gasteiger partial charge in [-0.05, 0) is 31.6 Å². The number of aromatic nitrogens is 1. The van der Waals surface area contributed by atoms with Crippen molar-refractivity contribution in [2.45, 2.75) is 51.7 Å². The number of aldehydes is 1. The maximum atomic E-state index is 11.1. The Labute approximate surface area is 125 Å². The maximum Gasteiger partial charge on any atom is 0.186 e. The van der Waals surface area contributed by atoms with E-state index >= 15 is 0 Å². The third-order valence-electron chi connectivity index (χ3n) is 4.35. The lowest BCUT2D eigenvalue weighted by atomic mass is 9.84. The molecule has 1 aliphatic carbocycles. The first kappa shape index (κ1) is 15.4. The standard InChI is InChI=1S/C15H24N2O2S/c1-4-11-5-7-12(8-6-11)17(2)15-16-13(10-19-3)14(9-18)20-15/h9,11-12H,4-8,10H2,1-3H3. The summed E-state index contributed by atoms with van der Waals surface area (Å²) < 4.78 is 5.10. The molecule has 0 radical (unpaired) electrons. The molecular weight excluding hydrogens is 272 g/mol. The van der Waals surface area contributed by atoms with Crippen LogP contribution in [-0.4, -0.2) is 31.5 Å². The zero-order valence-electron chi connectivity index (χ0n) is 12.6. The third kappa shape index (κ3) is 3.38. The second-order valence-electron chi connectivity index (χ2n) is 5.55. The number of hydrogen-bond acceptors (Lipinski definition) is 5. The Bertz CT molecular complexity index is 439. The Morgan fingerprint density at radius 1 is 1.40 bits per heavy atom. The average molecular weight is 296 g/mol. The fourth-order valence-corrected chi connectivity index (χ4v) is 3.85. The van der Waals surface area contributed by atoms with Gasteiger partial charge in [0.2, 0.25) is 0 Å². The first-order chi connectivity index (χ1) is 9.69. The van der Waals surface area contributed by atoms with Gasteiger partial charge >= 0.3 is 0 Å². The van der Waals surface area contributed by atoms with E-state index in [4.69, 9.17) is 4.74 Å². The monoisotopic (exact) mass is 296 g/mol. The first-order valence-corrected chi connectivity index (χ1v) is 8.17. The Kier molecular flexibility index (Phi) is 5.54. The van der Waals surface area contributed by atoms with Crippen LogP contribution in [-0.2, 0) is 11.3 Å². The second kappa shape index (κ2) is 7.18. The highest BCUT2D eigenvalue weighted by Crippen LogP contribution is 2.33. The molecule has 0 N–H and O–H groups in total. The summed E-state index contributed by atoms with van der Waals surface area (Å²) in [5, 5.41) is 0.944. The molecule has 20 heavy (non-hydrogen) atoms. The molecular formula is C15H24N2O2S. The van der Waals surface area contributed by atoms with Crippen LogP contribution in [0.5, 0.6) is 0 Å². The van der Waals surface area contributed by atoms with Crippen molar-refractivity contribution < 1.29 is 9.53 Å². The average Bonchev–Trinajstić information content (AvgIpc) is 2.90. The molecule has 1 saturated carbocycles. The smallest absolute Gasteiger partial charge is 0.186 e. The van der Waals surface area contributed by atoms with E-state index in [-0.39, 0.29) is 0 Å². The molecule has 1 fully saturated rings. The number of carbonyl (C=O) groups is 1. The molecule has 0 atom stereocenters. The van der Waals surface area contributed by atoms with Crippen LogP contribution in [0.2, 0.25) is 0 Å². The minimum Gasteiger partial charge on any atom is -0.378 e. The molecule has 1 aliphatic rings. The Hall–Kier alpha value is -0.940. The van der Waals surface area contributed by atoms with Gasteiger partial charge in [-0.15, -0.1) is 0 Å². The fraction of sp³-hybridized carbons (Fsp3) is 0.733. The summed E-state index contributed by atoms with van der Waals surface area (Å²) in [6.45, 7) is 2.68. The molecule has 5 heteroatoms. The summed E-state index contributed by atoms with van der Waals surface area (Å²) in [6, 6.07) is 0.554. The third-order valence-corrected chi connectivity index (χ3v) is 5.46. The fourth-order valence-electron chi connectivity index (χ4n) is 2.93. The van der Waals surface area contributed by atoms with Crippen LogP contribution in [0.1, 0.15) is 54.4 Å². The Morgan fingerprint density at radius 2 is 2.10 bits per heavy atom. The van der Waals surface area contributed by atoms with Crippen LogP contribution in [0.4, 0.5) is 5.13 Å². The van der Waals surface area contributed by atoms with E-state index < -0.39 is 0 Å². The molecule has 0 unspecified atom stereocenters. The normalized spacial score (nSPS) is 22.8. The van der Waals surface area contributed by atoms with Crippen LogP contribution in [0.15, 0.2) is 0 Å². The van der Waals surface area contributed by atoms with E-state index in [0.717, 1.165) is 23.0 Å². The highest BCUT2D eigenvalue weighted by molar-refractivity contribution is 7.17. The van der Waals surface area contributed by atoms with Crippen molar-refractivity contribution in [2.75, 3.05) is 19.1 Å². The van der Waals surface area contributed by atoms with Gasteiger partial charge in [-0.3, -0.25) is 4.79 Å². The molecule has 0 spiro atoms. The van der Waals surface area contributed by atoms with E-state index in [1.807, 2.05) is 0 Å². The SMILES string of the molecule is CCC1CCC(N(C)c2nc(COC)c(C=O)s2)CC1. The number of nitrogens with zero attached hydrogens (tertiary/aromatic N) is 2. The van der Waals surface area contributed by atoms with Crippen molar-refractivity contribution in [3.05, 3.63) is 10.6 Å². The number of ether oxygens (including phenoxy) is 1. The van der Waals surface area contributed by atoms with E-state index in [1.165, 1.54) is 43.4 Å². The summed E-state index contributed by atoms with van der Waals surface area (Å²) in [5.74, 6) is 0.894. The van der Waals surface area contributed by atoms with Crippen LogP contribution in [0, 0.1) is 5.92 Å². The van der Waals surface area contributed by atoms with Crippen molar-refractivity contribution in [1.29, 1.82) is 0 Å². The lowest BCUT2D eigenvalue weighted by Gasteiger charge is -2.34. The molecule has 1 heterocycles. The molecule has 0 amide bonds. The van der Waals surface area contributed by atoms with Gasteiger partial charge < -0.3 is 9.64 Å². The van der Waals surface area contributed by atoms with Gasteiger partial charge in [-0.2, -0.15) is 0 Å². The first-order valence-electron chi connectivity index (χ1n) is 7.36. The van der Waals surface area contributed by atoms with Gasteiger partial charge in [-0.1, -0.05) is 24.7 Å². The number of anilines is 1. The number of hydrogen-bond donors (Lipinski definition) is 0. The molecule has 2 rings (SSSR count). The van der Waals surface area contributed by atoms with Crippen LogP contribution in [0.25, 0.3) is 0 Å². The van der Waals surface area contributed by atoms with Crippen molar-refractivity contribution in [1.82, 2.24) is 4.98 Å². The predicted molar refractivity (Wildman–Crippen MR) is 82.7 cm³/mol. The minimum atomic E-state index is 0.404. The van der Waals surface area contributed by atoms with Crippen molar-refractivity contribution in [3.8, 4) is 0 Å². The Morgan fingerprint density at radius 3 is 2.65 bits per heavy atom. The number of rotatable bonds is 6. The number of thiazole rings is 1. The van der Waals surface area contributed by atoms with Gasteiger partial charge in [-0.25, -0.2) is 4.98 Å². The van der Waals surface area contributed by atoms with Gasteiger partial charge in [0, 0.05) is 20.2 Å². The molecule has 0 aliphatic heterocycles. The Balaban J connectivity index is 2.05. The zero-order chi connectivity index (χ0) is 14.5. The van der Waals surface area contributed by atoms with E-state index in [1.54, 1.807) is 7.11 Å². The quantitative estimate of drug-likeness (QED) is 0.753. The lowest BCUT2D eigenvalue weighted by molar-refractivity contribution is 0.112. The molecule has 4 nitrogen and oxygen atoms in total. The topological polar surface area (TPSA) is 42.4 Å². The predicted octanol–water partition coefficient (Wildman–Crippen LogP) is 3.51. The molecule has 0 saturated heterocycles. The van der Waals surface area contributed by atoms with E-state index in [9.17, 15) is 4.79 Å². The van der Waals surface area contributed by atoms with Crippen molar-refractivity contribution >= 4 is 22.8 Å². The van der Waals surface area contributed by atoms with Crippen LogP contribution >= 0.6 is 11.3 Å². The molecule has 112 valence electrons. The van der Waals surface area contributed by atoms with Crippen molar-refractivity contribution in [3.63, 3.8) is 0 Å². The summed E-state index contributed by atoms with van der Waals surface area (Å²) in [5.41, 5.74) is 0.761. The summed E-state index contributed by atoms with van der Waals surface area (Å²) in [4.78, 5) is 18.6. The molecule has 1 aromatic rings. The highest BCUT2D eigenvalue weighted by atomic mass is 32.1. The number of carbonyl (C=O) groups excluding carboxylic acids is 1. The van der Waals surface area contributed by atoms with Gasteiger partial charge in [0.15, 0.2) is 11.4 Å². The van der Waals surface area contributed by atoms with Gasteiger partial charge in [0.25, 0.3) is 0 Å². The molecule has 0 bridgehead atoms. The number of methoxy groups -OCH3 is 1. The summed E-state index contributed by atoms with van der Waals surface area (Å²) >= 11 is 1.47. The summed E-state index contributed by atoms with van der Waals surface area (Å²) in [6.07, 6.45) is 7.25. The van der Waals surface area contributed by atoms with E-state index in [2.05, 4.69) is 23.9 Å². The summed E-state index contributed by atoms with van der Waals surface area (Å²) in [7, 11) is 3.73. The highest BCUT2D eigenvalue weighted by Gasteiger charge is 2.25. The maximum absolute atomic E-state index is 11.1. The van der Waals surface area contributed by atoms with Gasteiger partial charge in [0.1, 0.15) is 0 Å². The molecule has 0 aromatic carbocycles. The van der Waals surface area contributed by atoms with Crippen LogP contribution < -0.4 is 4.90 Å². The lowest BCUT2D eigenvalue weighted by Crippen LogP contribution is -2.35. The van der Waals surface area contributed by atoms with Crippen LogP contribution in [0.3, 0.4) is 0 Å².